The predicted molar refractivity (Wildman–Crippen MR) is 97.4 cm³/mol. The van der Waals surface area contributed by atoms with Gasteiger partial charge in [0.25, 0.3) is 0 Å². The molecule has 4 aromatic rings. The Morgan fingerprint density at radius 2 is 1.61 bits per heavy atom. The fourth-order valence-corrected chi connectivity index (χ4v) is 3.04. The molecule has 0 radical (unpaired) electrons. The summed E-state index contributed by atoms with van der Waals surface area (Å²) in [5.74, 6) is 0. The second-order valence-electron chi connectivity index (χ2n) is 5.85. The Morgan fingerprint density at radius 1 is 0.826 bits per heavy atom. The van der Waals surface area contributed by atoms with Gasteiger partial charge in [0, 0.05) is 16.5 Å². The van der Waals surface area contributed by atoms with Crippen LogP contribution in [0.15, 0.2) is 71.1 Å². The summed E-state index contributed by atoms with van der Waals surface area (Å²) in [6, 6.07) is 23.0. The lowest BCUT2D eigenvalue weighted by atomic mass is 10.1. The quantitative estimate of drug-likeness (QED) is 0.479. The maximum absolute atomic E-state index is 6.06. The number of anilines is 2. The molecule has 0 aliphatic carbocycles. The Labute approximate surface area is 135 Å². The zero-order valence-electron chi connectivity index (χ0n) is 13.2. The van der Waals surface area contributed by atoms with E-state index in [4.69, 9.17) is 4.42 Å². The third-order valence-corrected chi connectivity index (χ3v) is 4.18. The van der Waals surface area contributed by atoms with Crippen molar-refractivity contribution in [3.05, 3.63) is 72.3 Å². The smallest absolute Gasteiger partial charge is 0.158 e. The van der Waals surface area contributed by atoms with Crippen LogP contribution in [0.5, 0.6) is 0 Å². The number of aryl methyl sites for hydroxylation is 1. The zero-order valence-corrected chi connectivity index (χ0v) is 13.2. The Hall–Kier alpha value is -2.74. The maximum Gasteiger partial charge on any atom is 0.158 e. The van der Waals surface area contributed by atoms with Gasteiger partial charge in [-0.3, -0.25) is 0 Å². The molecule has 0 spiro atoms. The molecule has 1 N–H and O–H groups in total. The van der Waals surface area contributed by atoms with Gasteiger partial charge in [-0.05, 0) is 36.2 Å². The van der Waals surface area contributed by atoms with E-state index in [-0.39, 0.29) is 0 Å². The van der Waals surface area contributed by atoms with E-state index in [2.05, 4.69) is 60.8 Å². The van der Waals surface area contributed by atoms with E-state index in [1.807, 2.05) is 18.2 Å². The van der Waals surface area contributed by atoms with E-state index in [1.165, 1.54) is 12.0 Å². The van der Waals surface area contributed by atoms with Crippen LogP contribution in [0.2, 0.25) is 0 Å². The SMILES string of the molecule is CCCc1ccc(Nc2cccc3c2oc2ccccc23)cc1. The summed E-state index contributed by atoms with van der Waals surface area (Å²) in [7, 11) is 0. The highest BCUT2D eigenvalue weighted by atomic mass is 16.3. The summed E-state index contributed by atoms with van der Waals surface area (Å²) in [5, 5.41) is 5.79. The summed E-state index contributed by atoms with van der Waals surface area (Å²) < 4.78 is 6.06. The average Bonchev–Trinajstić information content (AvgIpc) is 2.97. The topological polar surface area (TPSA) is 25.2 Å². The molecule has 114 valence electrons. The minimum absolute atomic E-state index is 0.909. The Kier molecular flexibility index (Phi) is 3.51. The van der Waals surface area contributed by atoms with Crippen LogP contribution in [0.3, 0.4) is 0 Å². The van der Waals surface area contributed by atoms with Crippen molar-refractivity contribution in [3.63, 3.8) is 0 Å². The molecule has 2 nitrogen and oxygen atoms in total. The second kappa shape index (κ2) is 5.81. The molecule has 0 saturated carbocycles. The van der Waals surface area contributed by atoms with Gasteiger partial charge >= 0.3 is 0 Å². The Bertz CT molecular complexity index is 951. The van der Waals surface area contributed by atoms with Crippen molar-refractivity contribution in [1.29, 1.82) is 0 Å². The largest absolute Gasteiger partial charge is 0.454 e. The highest BCUT2D eigenvalue weighted by molar-refractivity contribution is 6.09. The molecule has 0 aliphatic rings. The fourth-order valence-electron chi connectivity index (χ4n) is 3.04. The highest BCUT2D eigenvalue weighted by Crippen LogP contribution is 2.34. The molecule has 4 rings (SSSR count). The highest BCUT2D eigenvalue weighted by Gasteiger charge is 2.10. The van der Waals surface area contributed by atoms with Crippen LogP contribution in [-0.2, 0) is 6.42 Å². The fraction of sp³-hybridized carbons (Fsp3) is 0.143. The van der Waals surface area contributed by atoms with E-state index in [1.54, 1.807) is 0 Å². The van der Waals surface area contributed by atoms with Crippen molar-refractivity contribution in [2.45, 2.75) is 19.8 Å². The third-order valence-electron chi connectivity index (χ3n) is 4.18. The lowest BCUT2D eigenvalue weighted by Gasteiger charge is -2.08. The monoisotopic (exact) mass is 301 g/mol. The molecule has 23 heavy (non-hydrogen) atoms. The van der Waals surface area contributed by atoms with E-state index >= 15 is 0 Å². The lowest BCUT2D eigenvalue weighted by Crippen LogP contribution is -1.91. The predicted octanol–water partition coefficient (Wildman–Crippen LogP) is 6.28. The van der Waals surface area contributed by atoms with Crippen LogP contribution >= 0.6 is 0 Å². The van der Waals surface area contributed by atoms with Crippen molar-refractivity contribution in [2.24, 2.45) is 0 Å². The number of fused-ring (bicyclic) bond motifs is 3. The van der Waals surface area contributed by atoms with Crippen LogP contribution in [0, 0.1) is 0 Å². The van der Waals surface area contributed by atoms with Crippen molar-refractivity contribution >= 4 is 33.3 Å². The molecular formula is C21H19NO. The van der Waals surface area contributed by atoms with Gasteiger partial charge in [0.15, 0.2) is 5.58 Å². The number of para-hydroxylation sites is 2. The molecule has 0 saturated heterocycles. The first-order valence-corrected chi connectivity index (χ1v) is 8.11. The molecule has 3 aromatic carbocycles. The van der Waals surface area contributed by atoms with Crippen molar-refractivity contribution in [3.8, 4) is 0 Å². The molecule has 1 aromatic heterocycles. The van der Waals surface area contributed by atoms with Crippen LogP contribution in [0.1, 0.15) is 18.9 Å². The van der Waals surface area contributed by atoms with Crippen LogP contribution in [0.25, 0.3) is 21.9 Å². The van der Waals surface area contributed by atoms with Gasteiger partial charge in [0.1, 0.15) is 5.58 Å². The Balaban J connectivity index is 1.73. The van der Waals surface area contributed by atoms with Gasteiger partial charge in [0.2, 0.25) is 0 Å². The van der Waals surface area contributed by atoms with E-state index in [0.29, 0.717) is 0 Å². The first kappa shape index (κ1) is 13.9. The van der Waals surface area contributed by atoms with E-state index < -0.39 is 0 Å². The Morgan fingerprint density at radius 3 is 2.43 bits per heavy atom. The molecule has 0 atom stereocenters. The molecule has 0 bridgehead atoms. The molecule has 0 amide bonds. The van der Waals surface area contributed by atoms with Gasteiger partial charge in [-0.2, -0.15) is 0 Å². The average molecular weight is 301 g/mol. The third kappa shape index (κ3) is 2.57. The van der Waals surface area contributed by atoms with Crippen LogP contribution < -0.4 is 5.32 Å². The summed E-state index contributed by atoms with van der Waals surface area (Å²) in [6.07, 6.45) is 2.30. The zero-order chi connectivity index (χ0) is 15.6. The molecule has 2 heteroatoms. The maximum atomic E-state index is 6.06. The normalized spacial score (nSPS) is 11.2. The van der Waals surface area contributed by atoms with Crippen molar-refractivity contribution < 1.29 is 4.42 Å². The van der Waals surface area contributed by atoms with Gasteiger partial charge in [-0.1, -0.05) is 55.8 Å². The minimum atomic E-state index is 0.909. The van der Waals surface area contributed by atoms with Gasteiger partial charge in [0.05, 0.1) is 5.69 Å². The first-order valence-electron chi connectivity index (χ1n) is 8.11. The second-order valence-corrected chi connectivity index (χ2v) is 5.85. The summed E-state index contributed by atoms with van der Waals surface area (Å²) >= 11 is 0. The molecule has 0 unspecified atom stereocenters. The lowest BCUT2D eigenvalue weighted by molar-refractivity contribution is 0.670. The summed E-state index contributed by atoms with van der Waals surface area (Å²) in [5.41, 5.74) is 5.29. The first-order chi connectivity index (χ1) is 11.3. The minimum Gasteiger partial charge on any atom is -0.454 e. The number of rotatable bonds is 4. The number of furan rings is 1. The number of benzene rings is 3. The van der Waals surface area contributed by atoms with Crippen molar-refractivity contribution in [2.75, 3.05) is 5.32 Å². The van der Waals surface area contributed by atoms with Crippen molar-refractivity contribution in [1.82, 2.24) is 0 Å². The molecular weight excluding hydrogens is 282 g/mol. The molecule has 0 fully saturated rings. The van der Waals surface area contributed by atoms with Crippen LogP contribution in [-0.4, -0.2) is 0 Å². The summed E-state index contributed by atoms with van der Waals surface area (Å²) in [6.45, 7) is 2.20. The molecule has 1 heterocycles. The van der Waals surface area contributed by atoms with Gasteiger partial charge < -0.3 is 9.73 Å². The standard InChI is InChI=1S/C21H19NO/c1-2-6-15-11-13-16(14-12-15)22-19-9-5-8-18-17-7-3-4-10-20(17)23-21(18)19/h3-5,7-14,22H,2,6H2,1H3. The summed E-state index contributed by atoms with van der Waals surface area (Å²) in [4.78, 5) is 0. The van der Waals surface area contributed by atoms with E-state index in [0.717, 1.165) is 39.7 Å². The van der Waals surface area contributed by atoms with E-state index in [9.17, 15) is 0 Å². The van der Waals surface area contributed by atoms with Gasteiger partial charge in [-0.25, -0.2) is 0 Å². The van der Waals surface area contributed by atoms with Gasteiger partial charge in [-0.15, -0.1) is 0 Å². The molecule has 0 aliphatic heterocycles. The number of hydrogen-bond acceptors (Lipinski definition) is 2. The number of nitrogens with one attached hydrogen (secondary N) is 1. The number of hydrogen-bond donors (Lipinski definition) is 1. The van der Waals surface area contributed by atoms with Crippen LogP contribution in [0.4, 0.5) is 11.4 Å².